The van der Waals surface area contributed by atoms with Gasteiger partial charge in [0.05, 0.1) is 18.6 Å². The van der Waals surface area contributed by atoms with Crippen LogP contribution in [0.25, 0.3) is 0 Å². The van der Waals surface area contributed by atoms with Gasteiger partial charge in [-0.05, 0) is 80.6 Å². The molecule has 2 aromatic carbocycles. The molecule has 8 nitrogen and oxygen atoms in total. The molecular weight excluding hydrogens is 436 g/mol. The quantitative estimate of drug-likeness (QED) is 0.434. The van der Waals surface area contributed by atoms with Crippen LogP contribution >= 0.6 is 0 Å². The Hall–Kier alpha value is -3.55. The van der Waals surface area contributed by atoms with Crippen LogP contribution in [-0.4, -0.2) is 48.7 Å². The fraction of sp³-hybridized carbons (Fsp3) is 0.423. The van der Waals surface area contributed by atoms with Gasteiger partial charge < -0.3 is 25.2 Å². The Morgan fingerprint density at radius 2 is 1.32 bits per heavy atom. The molecule has 0 radical (unpaired) electrons. The average Bonchev–Trinajstić information content (AvgIpc) is 2.86. The van der Waals surface area contributed by atoms with Crippen molar-refractivity contribution >= 4 is 17.8 Å². The SMILES string of the molecule is CCCOc1ccc(C(=O)NCCNC(=O)c2ccc(O[C@H]3CC[C@@H](C(=O)O)CC3)cc2)cc1. The van der Waals surface area contributed by atoms with Crippen molar-refractivity contribution in [3.05, 3.63) is 59.7 Å². The summed E-state index contributed by atoms with van der Waals surface area (Å²) < 4.78 is 11.4. The van der Waals surface area contributed by atoms with Crippen LogP contribution in [0.3, 0.4) is 0 Å². The van der Waals surface area contributed by atoms with Gasteiger partial charge >= 0.3 is 5.97 Å². The second-order valence-electron chi connectivity index (χ2n) is 8.34. The summed E-state index contributed by atoms with van der Waals surface area (Å²) in [6, 6.07) is 13.8. The van der Waals surface area contributed by atoms with E-state index in [1.165, 1.54) is 0 Å². The minimum atomic E-state index is -0.736. The van der Waals surface area contributed by atoms with Crippen molar-refractivity contribution < 1.29 is 29.0 Å². The van der Waals surface area contributed by atoms with Crippen LogP contribution < -0.4 is 20.1 Å². The highest BCUT2D eigenvalue weighted by Crippen LogP contribution is 2.28. The fourth-order valence-electron chi connectivity index (χ4n) is 3.78. The lowest BCUT2D eigenvalue weighted by molar-refractivity contribution is -0.143. The van der Waals surface area contributed by atoms with Crippen LogP contribution in [0.15, 0.2) is 48.5 Å². The maximum absolute atomic E-state index is 12.4. The largest absolute Gasteiger partial charge is 0.494 e. The van der Waals surface area contributed by atoms with Gasteiger partial charge in [0.25, 0.3) is 11.8 Å². The Morgan fingerprint density at radius 1 is 0.824 bits per heavy atom. The van der Waals surface area contributed by atoms with Gasteiger partial charge in [-0.1, -0.05) is 6.92 Å². The maximum Gasteiger partial charge on any atom is 0.306 e. The zero-order valence-corrected chi connectivity index (χ0v) is 19.4. The van der Waals surface area contributed by atoms with E-state index in [4.69, 9.17) is 14.6 Å². The minimum absolute atomic E-state index is 0.000965. The molecule has 8 heteroatoms. The predicted molar refractivity (Wildman–Crippen MR) is 127 cm³/mol. The number of carbonyl (C=O) groups is 3. The number of rotatable bonds is 11. The van der Waals surface area contributed by atoms with Gasteiger partial charge in [0.2, 0.25) is 0 Å². The third-order valence-electron chi connectivity index (χ3n) is 5.73. The summed E-state index contributed by atoms with van der Waals surface area (Å²) >= 11 is 0. The first-order chi connectivity index (χ1) is 16.5. The molecule has 2 aromatic rings. The summed E-state index contributed by atoms with van der Waals surface area (Å²) in [7, 11) is 0. The first kappa shape index (κ1) is 25.1. The molecule has 0 saturated heterocycles. The van der Waals surface area contributed by atoms with E-state index in [1.54, 1.807) is 48.5 Å². The summed E-state index contributed by atoms with van der Waals surface area (Å²) in [6.45, 7) is 3.27. The summed E-state index contributed by atoms with van der Waals surface area (Å²) in [5.74, 6) is -0.0712. The summed E-state index contributed by atoms with van der Waals surface area (Å²) in [5.41, 5.74) is 1.03. The van der Waals surface area contributed by atoms with Crippen molar-refractivity contribution in [3.8, 4) is 11.5 Å². The number of carboxylic acids is 1. The molecule has 1 fully saturated rings. The van der Waals surface area contributed by atoms with Crippen molar-refractivity contribution in [1.82, 2.24) is 10.6 Å². The second-order valence-corrected chi connectivity index (χ2v) is 8.34. The van der Waals surface area contributed by atoms with Crippen LogP contribution in [-0.2, 0) is 4.79 Å². The molecule has 2 amide bonds. The minimum Gasteiger partial charge on any atom is -0.494 e. The Labute approximate surface area is 199 Å². The first-order valence-corrected chi connectivity index (χ1v) is 11.7. The van der Waals surface area contributed by atoms with Crippen molar-refractivity contribution in [1.29, 1.82) is 0 Å². The molecule has 0 spiro atoms. The Kier molecular flexibility index (Phi) is 9.31. The number of aliphatic carboxylic acids is 1. The highest BCUT2D eigenvalue weighted by molar-refractivity contribution is 5.95. The Bertz CT molecular complexity index is 950. The zero-order valence-electron chi connectivity index (χ0n) is 19.4. The van der Waals surface area contributed by atoms with Crippen molar-refractivity contribution in [3.63, 3.8) is 0 Å². The van der Waals surface area contributed by atoms with Crippen molar-refractivity contribution in [2.24, 2.45) is 5.92 Å². The van der Waals surface area contributed by atoms with Crippen LogP contribution in [0, 0.1) is 5.92 Å². The zero-order chi connectivity index (χ0) is 24.3. The van der Waals surface area contributed by atoms with Crippen LogP contribution in [0.1, 0.15) is 59.7 Å². The first-order valence-electron chi connectivity index (χ1n) is 11.7. The van der Waals surface area contributed by atoms with Crippen LogP contribution in [0.2, 0.25) is 0 Å². The maximum atomic E-state index is 12.4. The van der Waals surface area contributed by atoms with E-state index in [1.807, 2.05) is 6.92 Å². The molecule has 3 rings (SSSR count). The van der Waals surface area contributed by atoms with Crippen molar-refractivity contribution in [2.45, 2.75) is 45.1 Å². The smallest absolute Gasteiger partial charge is 0.306 e. The molecule has 0 aliphatic heterocycles. The van der Waals surface area contributed by atoms with E-state index in [0.717, 1.165) is 12.2 Å². The van der Waals surface area contributed by atoms with E-state index in [-0.39, 0.29) is 23.8 Å². The van der Waals surface area contributed by atoms with Crippen LogP contribution in [0.5, 0.6) is 11.5 Å². The van der Waals surface area contributed by atoms with Gasteiger partial charge in [0, 0.05) is 24.2 Å². The van der Waals surface area contributed by atoms with E-state index < -0.39 is 5.97 Å². The van der Waals surface area contributed by atoms with Gasteiger partial charge in [0.1, 0.15) is 11.5 Å². The van der Waals surface area contributed by atoms with Gasteiger partial charge in [0.15, 0.2) is 0 Å². The van der Waals surface area contributed by atoms with E-state index >= 15 is 0 Å². The van der Waals surface area contributed by atoms with Gasteiger partial charge in [-0.15, -0.1) is 0 Å². The number of hydrogen-bond acceptors (Lipinski definition) is 5. The van der Waals surface area contributed by atoms with Gasteiger partial charge in [-0.25, -0.2) is 0 Å². The molecule has 1 aliphatic carbocycles. The van der Waals surface area contributed by atoms with E-state index in [9.17, 15) is 14.4 Å². The number of ether oxygens (including phenoxy) is 2. The fourth-order valence-corrected chi connectivity index (χ4v) is 3.78. The summed E-state index contributed by atoms with van der Waals surface area (Å²) in [4.78, 5) is 35.6. The normalized spacial score (nSPS) is 17.4. The molecule has 182 valence electrons. The summed E-state index contributed by atoms with van der Waals surface area (Å²) in [6.07, 6.45) is 3.58. The lowest BCUT2D eigenvalue weighted by Gasteiger charge is -2.26. The highest BCUT2D eigenvalue weighted by Gasteiger charge is 2.26. The molecule has 0 aromatic heterocycles. The van der Waals surface area contributed by atoms with Gasteiger partial charge in [-0.2, -0.15) is 0 Å². The second kappa shape index (κ2) is 12.6. The average molecular weight is 469 g/mol. The Balaban J connectivity index is 1.36. The topological polar surface area (TPSA) is 114 Å². The van der Waals surface area contributed by atoms with Crippen molar-refractivity contribution in [2.75, 3.05) is 19.7 Å². The molecule has 0 unspecified atom stereocenters. The highest BCUT2D eigenvalue weighted by atomic mass is 16.5. The number of benzene rings is 2. The molecule has 34 heavy (non-hydrogen) atoms. The predicted octanol–water partition coefficient (Wildman–Crippen LogP) is 3.66. The molecule has 3 N–H and O–H groups in total. The third kappa shape index (κ3) is 7.50. The standard InChI is InChI=1S/C26H32N2O6/c1-2-17-33-21-9-3-18(4-10-21)24(29)27-15-16-28-25(30)19-5-11-22(12-6-19)34-23-13-7-20(8-14-23)26(31)32/h3-6,9-12,20,23H,2,7-8,13-17H2,1H3,(H,27,29)(H,28,30)(H,31,32)/t20-,23+. The lowest BCUT2D eigenvalue weighted by atomic mass is 9.87. The number of amides is 2. The molecule has 0 heterocycles. The van der Waals surface area contributed by atoms with E-state index in [2.05, 4.69) is 10.6 Å². The number of hydrogen-bond donors (Lipinski definition) is 3. The monoisotopic (exact) mass is 468 g/mol. The van der Waals surface area contributed by atoms with E-state index in [0.29, 0.717) is 62.3 Å². The van der Waals surface area contributed by atoms with Crippen LogP contribution in [0.4, 0.5) is 0 Å². The lowest BCUT2D eigenvalue weighted by Crippen LogP contribution is -2.34. The molecule has 1 saturated carbocycles. The molecular formula is C26H32N2O6. The number of nitrogens with one attached hydrogen (secondary N) is 2. The molecule has 0 atom stereocenters. The number of carbonyl (C=O) groups excluding carboxylic acids is 2. The van der Waals surface area contributed by atoms with Gasteiger partial charge in [-0.3, -0.25) is 14.4 Å². The Morgan fingerprint density at radius 3 is 1.79 bits per heavy atom. The molecule has 1 aliphatic rings. The molecule has 0 bridgehead atoms. The third-order valence-corrected chi connectivity index (χ3v) is 5.73. The summed E-state index contributed by atoms with van der Waals surface area (Å²) in [5, 5.41) is 14.6. The number of carboxylic acid groups (broad SMARTS) is 1.